The standard InChI is InChI=1S/C31H47N7O3/c1-21-7-6-8-24(17-21)36-15-13-35(14-16-36)12-11-22(2)32-29(40)27-18-25(39)19-37(27)30(41)28(31(3,4)5)38-20-26(33-34-38)23-9-10-23/h6-8,17,20,22-23,25,27-28,39H,9-16,18-19H2,1-5H3,(H,32,40)/t22?,25-,27+,28-/m0/s1. The molecule has 4 atom stereocenters. The fourth-order valence-electron chi connectivity index (χ4n) is 6.17. The molecule has 2 aromatic rings. The summed E-state index contributed by atoms with van der Waals surface area (Å²) in [5, 5.41) is 22.3. The van der Waals surface area contributed by atoms with Crippen molar-refractivity contribution in [1.29, 1.82) is 0 Å². The lowest BCUT2D eigenvalue weighted by Gasteiger charge is -2.37. The highest BCUT2D eigenvalue weighted by Crippen LogP contribution is 2.40. The van der Waals surface area contributed by atoms with E-state index in [0.29, 0.717) is 5.92 Å². The van der Waals surface area contributed by atoms with Gasteiger partial charge in [-0.05, 0) is 56.2 Å². The van der Waals surface area contributed by atoms with Gasteiger partial charge in [0.15, 0.2) is 0 Å². The van der Waals surface area contributed by atoms with E-state index in [1.54, 1.807) is 9.58 Å². The van der Waals surface area contributed by atoms with Crippen LogP contribution in [0.3, 0.4) is 0 Å². The Kier molecular flexibility index (Phi) is 8.70. The third kappa shape index (κ3) is 7.09. The molecule has 224 valence electrons. The highest BCUT2D eigenvalue weighted by molar-refractivity contribution is 5.90. The van der Waals surface area contributed by atoms with Crippen LogP contribution in [0.2, 0.25) is 0 Å². The van der Waals surface area contributed by atoms with E-state index >= 15 is 0 Å². The second kappa shape index (κ2) is 12.1. The number of rotatable bonds is 9. The van der Waals surface area contributed by atoms with Crippen molar-refractivity contribution in [3.63, 3.8) is 0 Å². The summed E-state index contributed by atoms with van der Waals surface area (Å²) < 4.78 is 1.66. The molecule has 1 saturated carbocycles. The Morgan fingerprint density at radius 3 is 2.54 bits per heavy atom. The molecule has 0 bridgehead atoms. The van der Waals surface area contributed by atoms with E-state index in [2.05, 4.69) is 56.6 Å². The molecule has 41 heavy (non-hydrogen) atoms. The fraction of sp³-hybridized carbons (Fsp3) is 0.677. The largest absolute Gasteiger partial charge is 0.391 e. The number of aromatic nitrogens is 3. The van der Waals surface area contributed by atoms with Gasteiger partial charge in [-0.1, -0.05) is 38.1 Å². The summed E-state index contributed by atoms with van der Waals surface area (Å²) in [6.07, 6.45) is 4.44. The smallest absolute Gasteiger partial charge is 0.248 e. The normalized spacial score (nSPS) is 23.5. The first-order chi connectivity index (χ1) is 19.5. The quantitative estimate of drug-likeness (QED) is 0.482. The number of piperazine rings is 1. The second-order valence-electron chi connectivity index (χ2n) is 13.4. The molecule has 2 saturated heterocycles. The molecule has 1 aromatic heterocycles. The molecule has 5 rings (SSSR count). The number of carbonyl (C=O) groups excluding carboxylic acids is 2. The summed E-state index contributed by atoms with van der Waals surface area (Å²) in [7, 11) is 0. The Balaban J connectivity index is 1.15. The van der Waals surface area contributed by atoms with E-state index in [9.17, 15) is 14.7 Å². The monoisotopic (exact) mass is 565 g/mol. The van der Waals surface area contributed by atoms with Crippen LogP contribution in [0.25, 0.3) is 0 Å². The van der Waals surface area contributed by atoms with Crippen molar-refractivity contribution in [3.8, 4) is 0 Å². The minimum absolute atomic E-state index is 0.0400. The van der Waals surface area contributed by atoms with Gasteiger partial charge >= 0.3 is 0 Å². The maximum atomic E-state index is 13.9. The summed E-state index contributed by atoms with van der Waals surface area (Å²) in [5.74, 6) is 0.0438. The number of β-amino-alcohol motifs (C(OH)–C–C–N with tert-alkyl or cyclic N) is 1. The summed E-state index contributed by atoms with van der Waals surface area (Å²) >= 11 is 0. The third-order valence-corrected chi connectivity index (χ3v) is 8.71. The number of nitrogens with one attached hydrogen (secondary N) is 1. The van der Waals surface area contributed by atoms with E-state index in [-0.39, 0.29) is 30.8 Å². The van der Waals surface area contributed by atoms with E-state index < -0.39 is 23.6 Å². The highest BCUT2D eigenvalue weighted by Gasteiger charge is 2.45. The number of aliphatic hydroxyl groups is 1. The van der Waals surface area contributed by atoms with Crippen molar-refractivity contribution in [2.75, 3.05) is 44.2 Å². The van der Waals surface area contributed by atoms with Gasteiger partial charge in [-0.3, -0.25) is 14.5 Å². The molecule has 1 aromatic carbocycles. The topological polar surface area (TPSA) is 107 Å². The molecular weight excluding hydrogens is 518 g/mol. The first-order valence-corrected chi connectivity index (χ1v) is 15.2. The van der Waals surface area contributed by atoms with Gasteiger partial charge in [0, 0.05) is 69.5 Å². The Labute approximate surface area is 244 Å². The highest BCUT2D eigenvalue weighted by atomic mass is 16.3. The van der Waals surface area contributed by atoms with Crippen molar-refractivity contribution >= 4 is 17.5 Å². The maximum Gasteiger partial charge on any atom is 0.248 e. The number of nitrogens with zero attached hydrogens (tertiary/aromatic N) is 6. The van der Waals surface area contributed by atoms with Crippen LogP contribution in [0, 0.1) is 12.3 Å². The van der Waals surface area contributed by atoms with Crippen LogP contribution >= 0.6 is 0 Å². The summed E-state index contributed by atoms with van der Waals surface area (Å²) in [4.78, 5) is 33.8. The molecule has 3 aliphatic rings. The van der Waals surface area contributed by atoms with Gasteiger partial charge in [0.25, 0.3) is 0 Å². The average Bonchev–Trinajstić information content (AvgIpc) is 3.53. The maximum absolute atomic E-state index is 13.9. The summed E-state index contributed by atoms with van der Waals surface area (Å²) in [6, 6.07) is 7.30. The molecule has 0 spiro atoms. The van der Waals surface area contributed by atoms with Crippen LogP contribution in [-0.4, -0.2) is 99.2 Å². The molecule has 1 aliphatic carbocycles. The fourth-order valence-corrected chi connectivity index (χ4v) is 6.17. The van der Waals surface area contributed by atoms with Crippen LogP contribution < -0.4 is 10.2 Å². The average molecular weight is 566 g/mol. The Hall–Kier alpha value is -2.98. The molecule has 2 amide bonds. The minimum Gasteiger partial charge on any atom is -0.391 e. The molecule has 3 heterocycles. The zero-order chi connectivity index (χ0) is 29.3. The van der Waals surface area contributed by atoms with Crippen molar-refractivity contribution in [1.82, 2.24) is 30.1 Å². The van der Waals surface area contributed by atoms with Gasteiger partial charge in [-0.15, -0.1) is 5.10 Å². The number of hydrogen-bond donors (Lipinski definition) is 2. The van der Waals surface area contributed by atoms with Crippen molar-refractivity contribution < 1.29 is 14.7 Å². The number of aryl methyl sites for hydroxylation is 1. The number of carbonyl (C=O) groups is 2. The van der Waals surface area contributed by atoms with E-state index in [0.717, 1.165) is 57.7 Å². The van der Waals surface area contributed by atoms with E-state index in [4.69, 9.17) is 0 Å². The van der Waals surface area contributed by atoms with Crippen LogP contribution in [0.4, 0.5) is 5.69 Å². The third-order valence-electron chi connectivity index (χ3n) is 8.71. The number of amides is 2. The molecule has 10 nitrogen and oxygen atoms in total. The van der Waals surface area contributed by atoms with Gasteiger partial charge < -0.3 is 20.2 Å². The molecule has 2 aliphatic heterocycles. The Morgan fingerprint density at radius 1 is 1.15 bits per heavy atom. The van der Waals surface area contributed by atoms with Crippen molar-refractivity contribution in [3.05, 3.63) is 41.7 Å². The summed E-state index contributed by atoms with van der Waals surface area (Å²) in [6.45, 7) is 15.2. The van der Waals surface area contributed by atoms with Gasteiger partial charge in [0.1, 0.15) is 12.1 Å². The Morgan fingerprint density at radius 2 is 1.88 bits per heavy atom. The number of aliphatic hydroxyl groups excluding tert-OH is 1. The lowest BCUT2D eigenvalue weighted by Crippen LogP contribution is -2.52. The molecule has 1 unspecified atom stereocenters. The van der Waals surface area contributed by atoms with Crippen LogP contribution in [0.1, 0.15) is 76.6 Å². The lowest BCUT2D eigenvalue weighted by atomic mass is 9.85. The number of anilines is 1. The zero-order valence-corrected chi connectivity index (χ0v) is 25.3. The molecule has 10 heteroatoms. The SMILES string of the molecule is Cc1cccc(N2CCN(CCC(C)NC(=O)[C@H]3C[C@H](O)CN3C(=O)[C@H](n3cc(C4CC4)nn3)C(C)(C)C)CC2)c1. The number of hydrogen-bond acceptors (Lipinski definition) is 7. The molecule has 3 fully saturated rings. The van der Waals surface area contributed by atoms with Crippen LogP contribution in [0.5, 0.6) is 0 Å². The van der Waals surface area contributed by atoms with Gasteiger partial charge in [0.05, 0.1) is 11.8 Å². The van der Waals surface area contributed by atoms with E-state index in [1.807, 2.05) is 33.9 Å². The first-order valence-electron chi connectivity index (χ1n) is 15.2. The van der Waals surface area contributed by atoms with Crippen LogP contribution in [0.15, 0.2) is 30.5 Å². The van der Waals surface area contributed by atoms with Gasteiger partial charge in [-0.25, -0.2) is 4.68 Å². The van der Waals surface area contributed by atoms with Gasteiger partial charge in [-0.2, -0.15) is 0 Å². The first kappa shape index (κ1) is 29.5. The Bertz CT molecular complexity index is 1210. The van der Waals surface area contributed by atoms with Gasteiger partial charge in [0.2, 0.25) is 11.8 Å². The zero-order valence-electron chi connectivity index (χ0n) is 25.3. The van der Waals surface area contributed by atoms with Crippen LogP contribution in [-0.2, 0) is 9.59 Å². The number of likely N-dealkylation sites (tertiary alicyclic amines) is 1. The lowest BCUT2D eigenvalue weighted by molar-refractivity contribution is -0.144. The van der Waals surface area contributed by atoms with Crippen molar-refractivity contribution in [2.24, 2.45) is 5.41 Å². The predicted octanol–water partition coefficient (Wildman–Crippen LogP) is 2.73. The summed E-state index contributed by atoms with van der Waals surface area (Å²) in [5.41, 5.74) is 3.04. The number of benzene rings is 1. The van der Waals surface area contributed by atoms with E-state index in [1.165, 1.54) is 11.3 Å². The molecular formula is C31H47N7O3. The molecule has 2 N–H and O–H groups in total. The second-order valence-corrected chi connectivity index (χ2v) is 13.4. The van der Waals surface area contributed by atoms with Crippen molar-refractivity contribution in [2.45, 2.75) is 90.4 Å². The predicted molar refractivity (Wildman–Crippen MR) is 159 cm³/mol. The minimum atomic E-state index is -0.729. The molecule has 0 radical (unpaired) electrons.